The van der Waals surface area contributed by atoms with Crippen molar-refractivity contribution >= 4 is 23.8 Å². The Morgan fingerprint density at radius 3 is 2.70 bits per heavy atom. The molecule has 1 aromatic heterocycles. The maximum absolute atomic E-state index is 13.1. The zero-order valence-corrected chi connectivity index (χ0v) is 12.4. The maximum atomic E-state index is 13.1. The van der Waals surface area contributed by atoms with Gasteiger partial charge < -0.3 is 4.57 Å². The topological polar surface area (TPSA) is 71.3 Å². The smallest absolute Gasteiger partial charge is 0.267 e. The van der Waals surface area contributed by atoms with E-state index in [-0.39, 0.29) is 11.3 Å². The predicted octanol–water partition coefficient (Wildman–Crippen LogP) is 2.58. The molecule has 6 heteroatoms. The van der Waals surface area contributed by atoms with Crippen molar-refractivity contribution in [2.45, 2.75) is 0 Å². The highest BCUT2D eigenvalue weighted by Gasteiger charge is 2.04. The molecule has 0 spiro atoms. The van der Waals surface area contributed by atoms with E-state index in [4.69, 9.17) is 5.21 Å². The molecule has 0 fully saturated rings. The summed E-state index contributed by atoms with van der Waals surface area (Å²) in [6, 6.07) is 7.24. The van der Waals surface area contributed by atoms with Crippen LogP contribution in [0.25, 0.3) is 12.2 Å². The first-order valence-corrected chi connectivity index (χ1v) is 6.76. The number of ketones is 1. The molecule has 2 rings (SSSR count). The molecule has 23 heavy (non-hydrogen) atoms. The van der Waals surface area contributed by atoms with Crippen LogP contribution in [0.15, 0.2) is 48.7 Å². The Morgan fingerprint density at radius 1 is 1.22 bits per heavy atom. The molecule has 0 aliphatic heterocycles. The van der Waals surface area contributed by atoms with E-state index < -0.39 is 11.7 Å². The van der Waals surface area contributed by atoms with Gasteiger partial charge in [0.2, 0.25) is 0 Å². The quantitative estimate of drug-likeness (QED) is 0.386. The van der Waals surface area contributed by atoms with Gasteiger partial charge in [-0.1, -0.05) is 12.1 Å². The van der Waals surface area contributed by atoms with Crippen molar-refractivity contribution in [3.05, 3.63) is 71.3 Å². The Bertz CT molecular complexity index is 791. The van der Waals surface area contributed by atoms with Crippen molar-refractivity contribution in [2.24, 2.45) is 7.05 Å². The van der Waals surface area contributed by atoms with Gasteiger partial charge in [0.25, 0.3) is 5.91 Å². The van der Waals surface area contributed by atoms with Gasteiger partial charge in [0.1, 0.15) is 5.82 Å². The van der Waals surface area contributed by atoms with Crippen LogP contribution in [0.2, 0.25) is 0 Å². The second-order valence-electron chi connectivity index (χ2n) is 4.83. The number of carbonyl (C=O) groups excluding carboxylic acids is 2. The monoisotopic (exact) mass is 314 g/mol. The average Bonchev–Trinajstić information content (AvgIpc) is 2.90. The molecule has 1 heterocycles. The first kappa shape index (κ1) is 16.4. The summed E-state index contributed by atoms with van der Waals surface area (Å²) < 4.78 is 14.8. The highest BCUT2D eigenvalue weighted by Crippen LogP contribution is 2.12. The molecule has 0 atom stereocenters. The Hall–Kier alpha value is -2.99. The van der Waals surface area contributed by atoms with Crippen molar-refractivity contribution in [2.75, 3.05) is 0 Å². The number of hydrogen-bond donors (Lipinski definition) is 2. The third-order valence-corrected chi connectivity index (χ3v) is 3.12. The number of nitrogens with one attached hydrogen (secondary N) is 1. The van der Waals surface area contributed by atoms with Crippen LogP contribution in [-0.4, -0.2) is 21.5 Å². The number of allylic oxidation sites excluding steroid dienone is 1. The van der Waals surface area contributed by atoms with Gasteiger partial charge in [-0.2, -0.15) is 0 Å². The summed E-state index contributed by atoms with van der Waals surface area (Å²) in [6.45, 7) is 0. The number of hydroxylamine groups is 1. The summed E-state index contributed by atoms with van der Waals surface area (Å²) in [5.41, 5.74) is 3.24. The molecule has 2 N–H and O–H groups in total. The van der Waals surface area contributed by atoms with Crippen molar-refractivity contribution in [1.29, 1.82) is 0 Å². The molecular formula is C17H15FN2O3. The second kappa shape index (κ2) is 7.33. The lowest BCUT2D eigenvalue weighted by atomic mass is 10.1. The molecule has 0 bridgehead atoms. The number of nitrogens with zero attached hydrogens (tertiary/aromatic N) is 1. The summed E-state index contributed by atoms with van der Waals surface area (Å²) in [5, 5.41) is 8.43. The number of carbonyl (C=O) groups is 2. The van der Waals surface area contributed by atoms with Crippen molar-refractivity contribution in [3.8, 4) is 0 Å². The lowest BCUT2D eigenvalue weighted by molar-refractivity contribution is -0.124. The van der Waals surface area contributed by atoms with Crippen LogP contribution < -0.4 is 5.48 Å². The molecule has 1 aromatic carbocycles. The third-order valence-electron chi connectivity index (χ3n) is 3.12. The minimum Gasteiger partial charge on any atom is -0.350 e. The fourth-order valence-corrected chi connectivity index (χ4v) is 1.97. The zero-order valence-electron chi connectivity index (χ0n) is 12.4. The van der Waals surface area contributed by atoms with E-state index in [9.17, 15) is 14.0 Å². The van der Waals surface area contributed by atoms with Crippen LogP contribution in [0.3, 0.4) is 0 Å². The molecule has 0 unspecified atom stereocenters. The van der Waals surface area contributed by atoms with Gasteiger partial charge in [0.15, 0.2) is 5.78 Å². The van der Waals surface area contributed by atoms with Gasteiger partial charge in [-0.25, -0.2) is 9.87 Å². The van der Waals surface area contributed by atoms with Crippen LogP contribution in [0.4, 0.5) is 4.39 Å². The second-order valence-corrected chi connectivity index (χ2v) is 4.83. The van der Waals surface area contributed by atoms with Gasteiger partial charge in [-0.3, -0.25) is 14.8 Å². The molecule has 0 saturated heterocycles. The predicted molar refractivity (Wildman–Crippen MR) is 84.1 cm³/mol. The molecule has 0 saturated carbocycles. The maximum Gasteiger partial charge on any atom is 0.267 e. The summed E-state index contributed by atoms with van der Waals surface area (Å²) in [5.74, 6) is -1.40. The molecule has 0 aliphatic carbocycles. The Labute approximate surface area is 132 Å². The number of hydrogen-bond acceptors (Lipinski definition) is 3. The molecule has 0 aliphatic rings. The summed E-state index contributed by atoms with van der Waals surface area (Å²) in [4.78, 5) is 22.9. The third kappa shape index (κ3) is 4.49. The highest BCUT2D eigenvalue weighted by atomic mass is 19.1. The number of aromatic nitrogens is 1. The number of rotatable bonds is 5. The Morgan fingerprint density at radius 2 is 2.00 bits per heavy atom. The molecule has 5 nitrogen and oxygen atoms in total. The molecule has 2 aromatic rings. The molecule has 0 radical (unpaired) electrons. The van der Waals surface area contributed by atoms with Gasteiger partial charge in [0.05, 0.1) is 0 Å². The van der Waals surface area contributed by atoms with E-state index in [0.717, 1.165) is 5.56 Å². The Kier molecular flexibility index (Phi) is 5.22. The van der Waals surface area contributed by atoms with Gasteiger partial charge in [-0.05, 0) is 42.0 Å². The van der Waals surface area contributed by atoms with Crippen LogP contribution >= 0.6 is 0 Å². The standard InChI is InChI=1S/C17H15FN2O3/c1-20-11-12(9-15(20)6-8-17(22)19-23)5-7-16(21)13-3-2-4-14(18)10-13/h2-11,23H,1H3,(H,19,22)/b7-5-,8-6+. The minimum absolute atomic E-state index is 0.275. The van der Waals surface area contributed by atoms with Crippen LogP contribution in [0.1, 0.15) is 21.6 Å². The summed E-state index contributed by atoms with van der Waals surface area (Å²) in [7, 11) is 1.78. The first-order chi connectivity index (χ1) is 11.0. The number of benzene rings is 1. The zero-order chi connectivity index (χ0) is 16.8. The van der Waals surface area contributed by atoms with Crippen molar-refractivity contribution in [1.82, 2.24) is 10.0 Å². The number of halogens is 1. The normalized spacial score (nSPS) is 11.3. The Balaban J connectivity index is 2.13. The number of aryl methyl sites for hydroxylation is 1. The number of amides is 1. The molecule has 1 amide bonds. The fourth-order valence-electron chi connectivity index (χ4n) is 1.97. The molecule has 118 valence electrons. The van der Waals surface area contributed by atoms with E-state index in [1.807, 2.05) is 0 Å². The van der Waals surface area contributed by atoms with E-state index in [1.165, 1.54) is 41.9 Å². The minimum atomic E-state index is -0.635. The lowest BCUT2D eigenvalue weighted by Crippen LogP contribution is -2.14. The van der Waals surface area contributed by atoms with E-state index in [2.05, 4.69) is 0 Å². The van der Waals surface area contributed by atoms with Crippen LogP contribution in [-0.2, 0) is 11.8 Å². The van der Waals surface area contributed by atoms with Crippen molar-refractivity contribution in [3.63, 3.8) is 0 Å². The molecular weight excluding hydrogens is 299 g/mol. The van der Waals surface area contributed by atoms with E-state index >= 15 is 0 Å². The van der Waals surface area contributed by atoms with E-state index in [1.54, 1.807) is 36.0 Å². The first-order valence-electron chi connectivity index (χ1n) is 6.76. The fraction of sp³-hybridized carbons (Fsp3) is 0.0588. The van der Waals surface area contributed by atoms with Gasteiger partial charge in [-0.15, -0.1) is 0 Å². The van der Waals surface area contributed by atoms with Gasteiger partial charge in [0, 0.05) is 30.6 Å². The van der Waals surface area contributed by atoms with E-state index in [0.29, 0.717) is 5.69 Å². The van der Waals surface area contributed by atoms with Gasteiger partial charge >= 0.3 is 0 Å². The van der Waals surface area contributed by atoms with Crippen LogP contribution in [0.5, 0.6) is 0 Å². The summed E-state index contributed by atoms with van der Waals surface area (Å²) >= 11 is 0. The highest BCUT2D eigenvalue weighted by molar-refractivity contribution is 6.06. The van der Waals surface area contributed by atoms with Crippen molar-refractivity contribution < 1.29 is 19.2 Å². The SMILES string of the molecule is Cn1cc(/C=C\C(=O)c2cccc(F)c2)cc1/C=C/C(=O)NO. The van der Waals surface area contributed by atoms with Crippen LogP contribution in [0, 0.1) is 5.82 Å². The summed E-state index contributed by atoms with van der Waals surface area (Å²) in [6.07, 6.45) is 7.44. The largest absolute Gasteiger partial charge is 0.350 e. The average molecular weight is 314 g/mol. The lowest BCUT2D eigenvalue weighted by Gasteiger charge is -1.95.